The molecule has 3 unspecified atom stereocenters. The van der Waals surface area contributed by atoms with Crippen molar-refractivity contribution in [1.29, 1.82) is 0 Å². The quantitative estimate of drug-likeness (QED) is 0.834. The van der Waals surface area contributed by atoms with Crippen molar-refractivity contribution in [3.8, 4) is 0 Å². The molecule has 2 bridgehead atoms. The molecular formula is C15H21BrN2O2S. The third-order valence-corrected chi connectivity index (χ3v) is 7.34. The summed E-state index contributed by atoms with van der Waals surface area (Å²) >= 11 is 3.34. The Morgan fingerprint density at radius 2 is 2.10 bits per heavy atom. The summed E-state index contributed by atoms with van der Waals surface area (Å²) in [5.41, 5.74) is 6.48. The topological polar surface area (TPSA) is 72.2 Å². The van der Waals surface area contributed by atoms with Gasteiger partial charge in [-0.25, -0.2) is 13.1 Å². The maximum absolute atomic E-state index is 12.4. The summed E-state index contributed by atoms with van der Waals surface area (Å²) in [6, 6.07) is 5.15. The molecule has 4 nitrogen and oxygen atoms in total. The summed E-state index contributed by atoms with van der Waals surface area (Å²) < 4.78 is 28.3. The van der Waals surface area contributed by atoms with Crippen molar-refractivity contribution < 1.29 is 8.42 Å². The predicted octanol–water partition coefficient (Wildman–Crippen LogP) is 2.62. The number of hydrogen-bond acceptors (Lipinski definition) is 3. The summed E-state index contributed by atoms with van der Waals surface area (Å²) in [6.07, 6.45) is 5.08. The number of nitrogens with one attached hydrogen (secondary N) is 1. The number of sulfonamides is 1. The van der Waals surface area contributed by atoms with Gasteiger partial charge in [-0.15, -0.1) is 0 Å². The van der Waals surface area contributed by atoms with Crippen molar-refractivity contribution in [1.82, 2.24) is 4.72 Å². The van der Waals surface area contributed by atoms with Crippen LogP contribution < -0.4 is 10.5 Å². The summed E-state index contributed by atoms with van der Waals surface area (Å²) in [4.78, 5) is 0.294. The van der Waals surface area contributed by atoms with Gasteiger partial charge >= 0.3 is 0 Å². The predicted molar refractivity (Wildman–Crippen MR) is 86.2 cm³/mol. The van der Waals surface area contributed by atoms with Gasteiger partial charge in [0.2, 0.25) is 10.0 Å². The molecule has 0 spiro atoms. The number of fused-ring (bicyclic) bond motifs is 2. The minimum Gasteiger partial charge on any atom is -0.326 e. The molecule has 1 aromatic carbocycles. The number of halogens is 1. The highest BCUT2D eigenvalue weighted by Crippen LogP contribution is 2.48. The van der Waals surface area contributed by atoms with E-state index in [9.17, 15) is 8.42 Å². The largest absolute Gasteiger partial charge is 0.326 e. The Hall–Kier alpha value is -0.430. The van der Waals surface area contributed by atoms with E-state index in [1.165, 1.54) is 25.7 Å². The Bertz CT molecular complexity index is 633. The van der Waals surface area contributed by atoms with Crippen LogP contribution in [-0.2, 0) is 16.6 Å². The monoisotopic (exact) mass is 372 g/mol. The molecule has 3 N–H and O–H groups in total. The second kappa shape index (κ2) is 5.99. The minimum atomic E-state index is -3.46. The molecule has 2 fully saturated rings. The minimum absolute atomic E-state index is 0.294. The van der Waals surface area contributed by atoms with Crippen molar-refractivity contribution in [2.45, 2.75) is 37.1 Å². The van der Waals surface area contributed by atoms with Gasteiger partial charge in [0.05, 0.1) is 4.90 Å². The Kier molecular flexibility index (Phi) is 4.41. The van der Waals surface area contributed by atoms with E-state index < -0.39 is 10.0 Å². The Balaban J connectivity index is 1.69. The van der Waals surface area contributed by atoms with Gasteiger partial charge in [-0.3, -0.25) is 0 Å². The van der Waals surface area contributed by atoms with E-state index in [1.54, 1.807) is 18.2 Å². The molecule has 0 aliphatic heterocycles. The zero-order valence-electron chi connectivity index (χ0n) is 11.9. The molecular weight excluding hydrogens is 352 g/mol. The third-order valence-electron chi connectivity index (χ3n) is 4.94. The molecule has 1 aromatic rings. The van der Waals surface area contributed by atoms with Gasteiger partial charge in [0.1, 0.15) is 0 Å². The molecule has 21 heavy (non-hydrogen) atoms. The fraction of sp³-hybridized carbons (Fsp3) is 0.600. The van der Waals surface area contributed by atoms with Crippen LogP contribution in [0.4, 0.5) is 0 Å². The zero-order valence-corrected chi connectivity index (χ0v) is 14.3. The molecule has 2 aliphatic carbocycles. The first-order valence-electron chi connectivity index (χ1n) is 7.48. The second-order valence-corrected chi connectivity index (χ2v) is 8.85. The fourth-order valence-corrected chi connectivity index (χ4v) is 6.03. The van der Waals surface area contributed by atoms with Crippen molar-refractivity contribution >= 4 is 26.0 Å². The molecule has 6 heteroatoms. The van der Waals surface area contributed by atoms with Gasteiger partial charge < -0.3 is 5.73 Å². The van der Waals surface area contributed by atoms with Crippen molar-refractivity contribution in [3.63, 3.8) is 0 Å². The van der Waals surface area contributed by atoms with Crippen LogP contribution in [0, 0.1) is 17.8 Å². The molecule has 0 radical (unpaired) electrons. The maximum atomic E-state index is 12.4. The number of hydrogen-bond donors (Lipinski definition) is 2. The first-order valence-corrected chi connectivity index (χ1v) is 9.75. The molecule has 3 atom stereocenters. The average Bonchev–Trinajstić information content (AvgIpc) is 3.07. The van der Waals surface area contributed by atoms with Crippen molar-refractivity contribution in [2.24, 2.45) is 23.5 Å². The standard InChI is InChI=1S/C15H21BrN2O2S/c16-14-7-11(8-17)2-4-15(14)21(19,20)18-9-13-6-10-1-3-12(13)5-10/h2,4,7,10,12-13,18H,1,3,5-6,8-9,17H2. The average molecular weight is 373 g/mol. The van der Waals surface area contributed by atoms with Gasteiger partial charge in [0, 0.05) is 17.6 Å². The van der Waals surface area contributed by atoms with Crippen LogP contribution in [0.1, 0.15) is 31.2 Å². The van der Waals surface area contributed by atoms with Gasteiger partial charge in [0.15, 0.2) is 0 Å². The summed E-state index contributed by atoms with van der Waals surface area (Å²) in [5.74, 6) is 2.07. The lowest BCUT2D eigenvalue weighted by molar-refractivity contribution is 0.333. The molecule has 0 aromatic heterocycles. The van der Waals surface area contributed by atoms with Crippen LogP contribution in [0.3, 0.4) is 0 Å². The van der Waals surface area contributed by atoms with Crippen molar-refractivity contribution in [3.05, 3.63) is 28.2 Å². The zero-order chi connectivity index (χ0) is 15.0. The lowest BCUT2D eigenvalue weighted by Gasteiger charge is -2.22. The van der Waals surface area contributed by atoms with Crippen LogP contribution in [0.25, 0.3) is 0 Å². The third kappa shape index (κ3) is 3.18. The van der Waals surface area contributed by atoms with Crippen LogP contribution in [-0.4, -0.2) is 15.0 Å². The smallest absolute Gasteiger partial charge is 0.241 e. The SMILES string of the molecule is NCc1ccc(S(=O)(=O)NCC2CC3CCC2C3)c(Br)c1. The number of nitrogens with two attached hydrogens (primary N) is 1. The van der Waals surface area contributed by atoms with Crippen LogP contribution in [0.15, 0.2) is 27.6 Å². The molecule has 2 saturated carbocycles. The summed E-state index contributed by atoms with van der Waals surface area (Å²) in [6.45, 7) is 0.964. The van der Waals surface area contributed by atoms with E-state index in [2.05, 4.69) is 20.7 Å². The highest BCUT2D eigenvalue weighted by Gasteiger charge is 2.39. The van der Waals surface area contributed by atoms with Crippen LogP contribution >= 0.6 is 15.9 Å². The maximum Gasteiger partial charge on any atom is 0.241 e. The first-order chi connectivity index (χ1) is 9.99. The molecule has 2 aliphatic rings. The van der Waals surface area contributed by atoms with E-state index in [0.29, 0.717) is 28.4 Å². The second-order valence-electron chi connectivity index (χ2n) is 6.26. The summed E-state index contributed by atoms with van der Waals surface area (Å²) in [5, 5.41) is 0. The van der Waals surface area contributed by atoms with Gasteiger partial charge in [-0.1, -0.05) is 12.5 Å². The van der Waals surface area contributed by atoms with E-state index in [1.807, 2.05) is 0 Å². The van der Waals surface area contributed by atoms with Gasteiger partial charge in [-0.05, 0) is 70.6 Å². The molecule has 0 heterocycles. The lowest BCUT2D eigenvalue weighted by atomic mass is 9.89. The Morgan fingerprint density at radius 1 is 1.29 bits per heavy atom. The normalized spacial score (nSPS) is 28.2. The molecule has 116 valence electrons. The van der Waals surface area contributed by atoms with Crippen molar-refractivity contribution in [2.75, 3.05) is 6.54 Å². The summed E-state index contributed by atoms with van der Waals surface area (Å²) in [7, 11) is -3.46. The van der Waals surface area contributed by atoms with Crippen LogP contribution in [0.5, 0.6) is 0 Å². The van der Waals surface area contributed by atoms with E-state index in [4.69, 9.17) is 5.73 Å². The number of rotatable bonds is 5. The molecule has 0 saturated heterocycles. The highest BCUT2D eigenvalue weighted by atomic mass is 79.9. The highest BCUT2D eigenvalue weighted by molar-refractivity contribution is 9.10. The lowest BCUT2D eigenvalue weighted by Crippen LogP contribution is -2.31. The van der Waals surface area contributed by atoms with Gasteiger partial charge in [0.25, 0.3) is 0 Å². The van der Waals surface area contributed by atoms with Gasteiger partial charge in [-0.2, -0.15) is 0 Å². The van der Waals surface area contributed by atoms with E-state index in [-0.39, 0.29) is 0 Å². The Labute approximate surface area is 134 Å². The van der Waals surface area contributed by atoms with E-state index >= 15 is 0 Å². The number of benzene rings is 1. The first kappa shape index (κ1) is 15.5. The van der Waals surface area contributed by atoms with Crippen LogP contribution in [0.2, 0.25) is 0 Å². The van der Waals surface area contributed by atoms with E-state index in [0.717, 1.165) is 17.4 Å². The molecule has 0 amide bonds. The molecule has 3 rings (SSSR count). The fourth-order valence-electron chi connectivity index (χ4n) is 3.81. The Morgan fingerprint density at radius 3 is 2.67 bits per heavy atom.